The second-order valence-corrected chi connectivity index (χ2v) is 8.69. The number of nitrogens with one attached hydrogen (secondary N) is 1. The van der Waals surface area contributed by atoms with Crippen LogP contribution in [0.3, 0.4) is 0 Å². The lowest BCUT2D eigenvalue weighted by Gasteiger charge is -2.35. The van der Waals surface area contributed by atoms with Crippen LogP contribution in [-0.4, -0.2) is 39.0 Å². The number of rotatable bonds is 3. The highest BCUT2D eigenvalue weighted by Gasteiger charge is 2.38. The lowest BCUT2D eigenvalue weighted by Crippen LogP contribution is -2.53. The van der Waals surface area contributed by atoms with Crippen LogP contribution in [0.1, 0.15) is 18.4 Å². The third-order valence-corrected chi connectivity index (χ3v) is 7.05. The maximum absolute atomic E-state index is 12.4. The van der Waals surface area contributed by atoms with Crippen LogP contribution in [0.2, 0.25) is 4.34 Å². The molecule has 0 unspecified atom stereocenters. The molecular weight excluding hydrogens is 318 g/mol. The smallest absolute Gasteiger partial charge is 0.251 e. The molecule has 0 amide bonds. The van der Waals surface area contributed by atoms with Gasteiger partial charge in [-0.05, 0) is 38.4 Å². The molecule has 2 rings (SSSR count). The molecule has 0 saturated carbocycles. The van der Waals surface area contributed by atoms with Crippen LogP contribution in [0.5, 0.6) is 0 Å². The Morgan fingerprint density at radius 1 is 1.50 bits per heavy atom. The summed E-state index contributed by atoms with van der Waals surface area (Å²) in [4.78, 5) is 2.08. The molecule has 2 heterocycles. The van der Waals surface area contributed by atoms with Crippen molar-refractivity contribution < 1.29 is 8.42 Å². The molecule has 1 aromatic rings. The van der Waals surface area contributed by atoms with E-state index in [0.717, 1.165) is 16.9 Å². The molecule has 1 saturated heterocycles. The van der Waals surface area contributed by atoms with Gasteiger partial charge in [0.1, 0.15) is 9.75 Å². The molecule has 0 aromatic carbocycles. The van der Waals surface area contributed by atoms with Gasteiger partial charge in [0.2, 0.25) is 0 Å². The summed E-state index contributed by atoms with van der Waals surface area (Å²) >= 11 is 6.94. The van der Waals surface area contributed by atoms with E-state index in [1.54, 1.807) is 6.92 Å². The van der Waals surface area contributed by atoms with E-state index in [2.05, 4.69) is 15.7 Å². The van der Waals surface area contributed by atoms with Gasteiger partial charge in [-0.3, -0.25) is 0 Å². The first kappa shape index (κ1) is 15.7. The summed E-state index contributed by atoms with van der Waals surface area (Å²) in [6.45, 7) is 3.15. The van der Waals surface area contributed by atoms with Gasteiger partial charge in [-0.2, -0.15) is 9.98 Å². The van der Waals surface area contributed by atoms with E-state index in [1.807, 2.05) is 7.05 Å². The van der Waals surface area contributed by atoms with Crippen LogP contribution in [0.4, 0.5) is 0 Å². The summed E-state index contributed by atoms with van der Waals surface area (Å²) in [6, 6.07) is 3.68. The quantitative estimate of drug-likeness (QED) is 0.918. The fourth-order valence-corrected chi connectivity index (χ4v) is 5.19. The molecule has 8 heteroatoms. The summed E-state index contributed by atoms with van der Waals surface area (Å²) in [7, 11) is -1.75. The van der Waals surface area contributed by atoms with E-state index in [-0.39, 0.29) is 4.21 Å². The number of hydrogen-bond donors (Lipinski definition) is 1. The van der Waals surface area contributed by atoms with Crippen molar-refractivity contribution in [2.45, 2.75) is 29.5 Å². The number of nitriles is 1. The average Bonchev–Trinajstić information content (AvgIpc) is 2.74. The van der Waals surface area contributed by atoms with Gasteiger partial charge in [0.25, 0.3) is 10.0 Å². The van der Waals surface area contributed by atoms with Crippen LogP contribution in [0.25, 0.3) is 0 Å². The first-order valence-electron chi connectivity index (χ1n) is 6.18. The van der Waals surface area contributed by atoms with Crippen LogP contribution in [-0.2, 0) is 10.0 Å². The molecule has 1 aliphatic heterocycles. The maximum Gasteiger partial charge on any atom is 0.251 e. The van der Waals surface area contributed by atoms with Gasteiger partial charge in [-0.1, -0.05) is 11.6 Å². The summed E-state index contributed by atoms with van der Waals surface area (Å²) in [5.74, 6) is 0. The van der Waals surface area contributed by atoms with E-state index in [1.165, 1.54) is 6.07 Å². The highest BCUT2D eigenvalue weighted by molar-refractivity contribution is 7.91. The van der Waals surface area contributed by atoms with Crippen molar-refractivity contribution in [2.24, 2.45) is 0 Å². The number of piperidine rings is 1. The highest BCUT2D eigenvalue weighted by atomic mass is 35.5. The van der Waals surface area contributed by atoms with Gasteiger partial charge in [0.15, 0.2) is 0 Å². The Hall–Kier alpha value is -0.650. The summed E-state index contributed by atoms with van der Waals surface area (Å²) in [6.07, 6.45) is 0.967. The Morgan fingerprint density at radius 3 is 2.55 bits per heavy atom. The number of likely N-dealkylation sites (tertiary alicyclic amines) is 1. The normalized spacial score (nSPS) is 19.7. The Morgan fingerprint density at radius 2 is 2.10 bits per heavy atom. The molecule has 5 nitrogen and oxygen atoms in total. The minimum absolute atomic E-state index is 0.161. The Bertz CT molecular complexity index is 621. The van der Waals surface area contributed by atoms with Gasteiger partial charge in [-0.25, -0.2) is 8.42 Å². The Kier molecular flexibility index (Phi) is 4.42. The predicted octanol–water partition coefficient (Wildman–Crippen LogP) is 1.98. The van der Waals surface area contributed by atoms with Gasteiger partial charge >= 0.3 is 0 Å². The standard InChI is InChI=1S/C12H16ClN3O2S2/c1-9-7-10(19-11(9)13)20(17,18)15-12(8-14)3-5-16(2)6-4-12/h7,15H,3-6H2,1-2H3. The van der Waals surface area contributed by atoms with Crippen molar-refractivity contribution in [1.29, 1.82) is 5.26 Å². The average molecular weight is 334 g/mol. The number of halogens is 1. The Balaban J connectivity index is 2.25. The lowest BCUT2D eigenvalue weighted by atomic mass is 9.91. The zero-order valence-electron chi connectivity index (χ0n) is 11.3. The third-order valence-electron chi connectivity index (χ3n) is 3.48. The van der Waals surface area contributed by atoms with Crippen LogP contribution < -0.4 is 4.72 Å². The predicted molar refractivity (Wildman–Crippen MR) is 79.5 cm³/mol. The van der Waals surface area contributed by atoms with Gasteiger partial charge in [-0.15, -0.1) is 11.3 Å². The molecule has 0 atom stereocenters. The zero-order valence-corrected chi connectivity index (χ0v) is 13.7. The largest absolute Gasteiger partial charge is 0.306 e. The minimum Gasteiger partial charge on any atom is -0.306 e. The molecule has 0 bridgehead atoms. The SMILES string of the molecule is Cc1cc(S(=O)(=O)NC2(C#N)CCN(C)CC2)sc1Cl. The topological polar surface area (TPSA) is 73.2 Å². The van der Waals surface area contributed by atoms with E-state index in [0.29, 0.717) is 30.3 Å². The summed E-state index contributed by atoms with van der Waals surface area (Å²) in [5.41, 5.74) is -0.290. The van der Waals surface area contributed by atoms with E-state index < -0.39 is 15.6 Å². The van der Waals surface area contributed by atoms with Crippen LogP contribution in [0.15, 0.2) is 10.3 Å². The lowest BCUT2D eigenvalue weighted by molar-refractivity contribution is 0.213. The molecular formula is C12H16ClN3O2S2. The molecule has 20 heavy (non-hydrogen) atoms. The molecule has 110 valence electrons. The minimum atomic E-state index is -3.71. The van der Waals surface area contributed by atoms with Crippen molar-refractivity contribution >= 4 is 33.0 Å². The van der Waals surface area contributed by atoms with Gasteiger partial charge in [0.05, 0.1) is 10.4 Å². The number of thiophene rings is 1. The fourth-order valence-electron chi connectivity index (χ4n) is 2.11. The molecule has 1 aromatic heterocycles. The molecule has 1 N–H and O–H groups in total. The highest BCUT2D eigenvalue weighted by Crippen LogP contribution is 2.32. The first-order valence-corrected chi connectivity index (χ1v) is 8.85. The fraction of sp³-hybridized carbons (Fsp3) is 0.583. The number of nitrogens with zero attached hydrogens (tertiary/aromatic N) is 2. The van der Waals surface area contributed by atoms with Crippen molar-refractivity contribution in [3.05, 3.63) is 16.0 Å². The van der Waals surface area contributed by atoms with Crippen molar-refractivity contribution in [3.8, 4) is 6.07 Å². The van der Waals surface area contributed by atoms with E-state index >= 15 is 0 Å². The second kappa shape index (κ2) is 5.62. The molecule has 1 aliphatic rings. The van der Waals surface area contributed by atoms with E-state index in [4.69, 9.17) is 11.6 Å². The molecule has 0 aliphatic carbocycles. The first-order chi connectivity index (χ1) is 9.28. The maximum atomic E-state index is 12.4. The number of hydrogen-bond acceptors (Lipinski definition) is 5. The molecule has 1 fully saturated rings. The second-order valence-electron chi connectivity index (χ2n) is 5.12. The number of aryl methyl sites for hydroxylation is 1. The monoisotopic (exact) mass is 333 g/mol. The summed E-state index contributed by atoms with van der Waals surface area (Å²) in [5, 5.41) is 9.38. The Labute approximate surface area is 128 Å². The van der Waals surface area contributed by atoms with Crippen molar-refractivity contribution in [3.63, 3.8) is 0 Å². The number of sulfonamides is 1. The van der Waals surface area contributed by atoms with Crippen LogP contribution in [0, 0.1) is 18.3 Å². The molecule has 0 spiro atoms. The van der Waals surface area contributed by atoms with Crippen LogP contribution >= 0.6 is 22.9 Å². The van der Waals surface area contributed by atoms with Crippen molar-refractivity contribution in [1.82, 2.24) is 9.62 Å². The molecule has 0 radical (unpaired) electrons. The van der Waals surface area contributed by atoms with E-state index in [9.17, 15) is 13.7 Å². The summed E-state index contributed by atoms with van der Waals surface area (Å²) < 4.78 is 28.0. The third kappa shape index (κ3) is 3.15. The van der Waals surface area contributed by atoms with Gasteiger partial charge < -0.3 is 4.90 Å². The van der Waals surface area contributed by atoms with Crippen molar-refractivity contribution in [2.75, 3.05) is 20.1 Å². The van der Waals surface area contributed by atoms with Gasteiger partial charge in [0, 0.05) is 13.1 Å². The zero-order chi connectivity index (χ0) is 15.0.